The van der Waals surface area contributed by atoms with Crippen LogP contribution in [0.5, 0.6) is 0 Å². The minimum atomic E-state index is -0.281. The summed E-state index contributed by atoms with van der Waals surface area (Å²) in [5.74, 6) is -0.226. The fourth-order valence-corrected chi connectivity index (χ4v) is 3.84. The highest BCUT2D eigenvalue weighted by Crippen LogP contribution is 2.32. The molecule has 24 heavy (non-hydrogen) atoms. The predicted molar refractivity (Wildman–Crippen MR) is 94.6 cm³/mol. The lowest BCUT2D eigenvalue weighted by Gasteiger charge is -2.30. The monoisotopic (exact) mass is 323 g/mol. The Morgan fingerprint density at radius 2 is 1.96 bits per heavy atom. The van der Waals surface area contributed by atoms with Crippen molar-refractivity contribution in [2.75, 3.05) is 17.2 Å². The van der Waals surface area contributed by atoms with Crippen LogP contribution >= 0.6 is 0 Å². The second-order valence-electron chi connectivity index (χ2n) is 6.63. The van der Waals surface area contributed by atoms with E-state index in [1.165, 1.54) is 0 Å². The SMILES string of the molecule is Nc1cccc2c1CCCN2C(=O)c1cc2c([nH]c1=O)CCCC2. The second kappa shape index (κ2) is 5.82. The average Bonchev–Trinajstić information content (AvgIpc) is 2.60. The molecule has 0 saturated carbocycles. The Hall–Kier alpha value is -2.56. The first-order chi connectivity index (χ1) is 11.6. The van der Waals surface area contributed by atoms with Gasteiger partial charge in [-0.3, -0.25) is 9.59 Å². The molecule has 3 N–H and O–H groups in total. The zero-order chi connectivity index (χ0) is 16.7. The Morgan fingerprint density at radius 1 is 1.12 bits per heavy atom. The number of nitrogens with zero attached hydrogens (tertiary/aromatic N) is 1. The summed E-state index contributed by atoms with van der Waals surface area (Å²) in [6, 6.07) is 7.43. The maximum Gasteiger partial charge on any atom is 0.263 e. The van der Waals surface area contributed by atoms with E-state index in [-0.39, 0.29) is 17.0 Å². The number of H-pyrrole nitrogens is 1. The van der Waals surface area contributed by atoms with Gasteiger partial charge in [0.05, 0.1) is 0 Å². The lowest BCUT2D eigenvalue weighted by molar-refractivity contribution is 0.0983. The van der Waals surface area contributed by atoms with Crippen molar-refractivity contribution in [2.45, 2.75) is 38.5 Å². The molecule has 1 aliphatic heterocycles. The molecule has 5 nitrogen and oxygen atoms in total. The van der Waals surface area contributed by atoms with Crippen molar-refractivity contribution in [3.05, 3.63) is 57.0 Å². The molecule has 0 saturated heterocycles. The molecule has 0 unspecified atom stereocenters. The first kappa shape index (κ1) is 15.0. The summed E-state index contributed by atoms with van der Waals surface area (Å²) in [4.78, 5) is 30.1. The molecular formula is C19H21N3O2. The number of rotatable bonds is 1. The third-order valence-corrected chi connectivity index (χ3v) is 5.10. The molecular weight excluding hydrogens is 302 g/mol. The van der Waals surface area contributed by atoms with E-state index in [1.807, 2.05) is 18.2 Å². The van der Waals surface area contributed by atoms with Gasteiger partial charge in [0.1, 0.15) is 5.56 Å². The number of aromatic amines is 1. The molecule has 5 heteroatoms. The lowest BCUT2D eigenvalue weighted by atomic mass is 9.94. The minimum Gasteiger partial charge on any atom is -0.398 e. The summed E-state index contributed by atoms with van der Waals surface area (Å²) < 4.78 is 0. The number of aromatic nitrogens is 1. The molecule has 1 aromatic heterocycles. The maximum absolute atomic E-state index is 13.0. The summed E-state index contributed by atoms with van der Waals surface area (Å²) in [7, 11) is 0. The van der Waals surface area contributed by atoms with E-state index in [9.17, 15) is 9.59 Å². The molecule has 1 amide bonds. The number of nitrogens with two attached hydrogens (primary N) is 1. The Kier molecular flexibility index (Phi) is 3.63. The standard InChI is InChI=1S/C19H21N3O2/c20-15-7-3-9-17-13(15)6-4-10-22(17)19(24)14-11-12-5-1-2-8-16(12)21-18(14)23/h3,7,9,11H,1-2,4-6,8,10,20H2,(H,21,23). The number of hydrogen-bond acceptors (Lipinski definition) is 3. The predicted octanol–water partition coefficient (Wildman–Crippen LogP) is 2.43. The largest absolute Gasteiger partial charge is 0.398 e. The van der Waals surface area contributed by atoms with Gasteiger partial charge in [-0.2, -0.15) is 0 Å². The first-order valence-electron chi connectivity index (χ1n) is 8.59. The number of hydrogen-bond donors (Lipinski definition) is 2. The normalized spacial score (nSPS) is 16.4. The van der Waals surface area contributed by atoms with Gasteiger partial charge in [0, 0.05) is 23.6 Å². The molecule has 0 bridgehead atoms. The zero-order valence-electron chi connectivity index (χ0n) is 13.6. The van der Waals surface area contributed by atoms with Gasteiger partial charge >= 0.3 is 0 Å². The molecule has 1 aliphatic carbocycles. The Labute approximate surface area is 140 Å². The highest BCUT2D eigenvalue weighted by atomic mass is 16.2. The number of fused-ring (bicyclic) bond motifs is 2. The van der Waals surface area contributed by atoms with Gasteiger partial charge in [-0.15, -0.1) is 0 Å². The number of aryl methyl sites for hydroxylation is 2. The highest BCUT2D eigenvalue weighted by molar-refractivity contribution is 6.07. The van der Waals surface area contributed by atoms with Crippen LogP contribution < -0.4 is 16.2 Å². The van der Waals surface area contributed by atoms with E-state index in [1.54, 1.807) is 11.0 Å². The van der Waals surface area contributed by atoms with Crippen LogP contribution in [0.3, 0.4) is 0 Å². The van der Waals surface area contributed by atoms with Gasteiger partial charge in [-0.05, 0) is 67.9 Å². The molecule has 2 aromatic rings. The van der Waals surface area contributed by atoms with Gasteiger partial charge < -0.3 is 15.6 Å². The number of nitrogens with one attached hydrogen (secondary N) is 1. The van der Waals surface area contributed by atoms with Crippen LogP contribution in [0.15, 0.2) is 29.1 Å². The van der Waals surface area contributed by atoms with Crippen LogP contribution in [-0.4, -0.2) is 17.4 Å². The van der Waals surface area contributed by atoms with Gasteiger partial charge in [-0.1, -0.05) is 6.07 Å². The molecule has 4 rings (SSSR count). The van der Waals surface area contributed by atoms with E-state index >= 15 is 0 Å². The van der Waals surface area contributed by atoms with Crippen LogP contribution in [0.4, 0.5) is 11.4 Å². The number of pyridine rings is 1. The number of carbonyl (C=O) groups excluding carboxylic acids is 1. The molecule has 0 radical (unpaired) electrons. The molecule has 2 heterocycles. The van der Waals surface area contributed by atoms with Crippen LogP contribution in [0, 0.1) is 0 Å². The third-order valence-electron chi connectivity index (χ3n) is 5.10. The van der Waals surface area contributed by atoms with Gasteiger partial charge in [-0.25, -0.2) is 0 Å². The van der Waals surface area contributed by atoms with Crippen LogP contribution in [0.25, 0.3) is 0 Å². The van der Waals surface area contributed by atoms with Crippen molar-refractivity contribution in [1.29, 1.82) is 0 Å². The molecule has 1 aromatic carbocycles. The Balaban J connectivity index is 1.76. The molecule has 0 fully saturated rings. The number of amides is 1. The quantitative estimate of drug-likeness (QED) is 0.791. The van der Waals surface area contributed by atoms with Gasteiger partial charge in [0.25, 0.3) is 11.5 Å². The van der Waals surface area contributed by atoms with E-state index < -0.39 is 0 Å². The van der Waals surface area contributed by atoms with Crippen molar-refractivity contribution in [3.63, 3.8) is 0 Å². The number of benzene rings is 1. The highest BCUT2D eigenvalue weighted by Gasteiger charge is 2.27. The van der Waals surface area contributed by atoms with E-state index in [2.05, 4.69) is 4.98 Å². The van der Waals surface area contributed by atoms with E-state index in [0.29, 0.717) is 12.2 Å². The van der Waals surface area contributed by atoms with Gasteiger partial charge in [0.15, 0.2) is 0 Å². The summed E-state index contributed by atoms with van der Waals surface area (Å²) >= 11 is 0. The third kappa shape index (κ3) is 2.40. The summed E-state index contributed by atoms with van der Waals surface area (Å²) in [6.07, 6.45) is 5.74. The lowest BCUT2D eigenvalue weighted by Crippen LogP contribution is -2.39. The van der Waals surface area contributed by atoms with Crippen LogP contribution in [-0.2, 0) is 19.3 Å². The summed E-state index contributed by atoms with van der Waals surface area (Å²) in [5, 5.41) is 0. The van der Waals surface area contributed by atoms with Crippen molar-refractivity contribution >= 4 is 17.3 Å². The molecule has 0 spiro atoms. The number of nitrogen functional groups attached to an aromatic ring is 1. The van der Waals surface area contributed by atoms with Crippen molar-refractivity contribution in [3.8, 4) is 0 Å². The number of carbonyl (C=O) groups is 1. The Bertz CT molecular complexity index is 869. The van der Waals surface area contributed by atoms with E-state index in [4.69, 9.17) is 5.73 Å². The summed E-state index contributed by atoms with van der Waals surface area (Å²) in [6.45, 7) is 0.617. The maximum atomic E-state index is 13.0. The van der Waals surface area contributed by atoms with Crippen molar-refractivity contribution in [2.24, 2.45) is 0 Å². The molecule has 0 atom stereocenters. The van der Waals surface area contributed by atoms with Gasteiger partial charge in [0.2, 0.25) is 0 Å². The fraction of sp³-hybridized carbons (Fsp3) is 0.368. The smallest absolute Gasteiger partial charge is 0.263 e. The summed E-state index contributed by atoms with van der Waals surface area (Å²) in [5.41, 5.74) is 10.7. The second-order valence-corrected chi connectivity index (χ2v) is 6.63. The first-order valence-corrected chi connectivity index (χ1v) is 8.59. The van der Waals surface area contributed by atoms with Crippen LogP contribution in [0.1, 0.15) is 46.4 Å². The Morgan fingerprint density at radius 3 is 2.83 bits per heavy atom. The zero-order valence-corrected chi connectivity index (χ0v) is 13.6. The van der Waals surface area contributed by atoms with E-state index in [0.717, 1.165) is 61.0 Å². The number of anilines is 2. The molecule has 124 valence electrons. The van der Waals surface area contributed by atoms with Crippen LogP contribution in [0.2, 0.25) is 0 Å². The minimum absolute atomic E-state index is 0.226. The fourth-order valence-electron chi connectivity index (χ4n) is 3.84. The topological polar surface area (TPSA) is 79.2 Å². The molecule has 2 aliphatic rings. The average molecular weight is 323 g/mol. The van der Waals surface area contributed by atoms with Crippen molar-refractivity contribution < 1.29 is 4.79 Å². The van der Waals surface area contributed by atoms with Crippen molar-refractivity contribution in [1.82, 2.24) is 4.98 Å².